The number of hydrogen-bond donors (Lipinski definition) is 1. The van der Waals surface area contributed by atoms with Crippen LogP contribution in [0.25, 0.3) is 22.8 Å². The molecular weight excluding hydrogens is 614 g/mol. The minimum absolute atomic E-state index is 0. The summed E-state index contributed by atoms with van der Waals surface area (Å²) in [6, 6.07) is 21.4. The van der Waals surface area contributed by atoms with Crippen LogP contribution in [0.5, 0.6) is 0 Å². The van der Waals surface area contributed by atoms with Crippen LogP contribution in [-0.2, 0) is 10.7 Å². The first kappa shape index (κ1) is 22.5. The Morgan fingerprint density at radius 1 is 0.793 bits per heavy atom. The Kier molecular flexibility index (Phi) is 9.22. The summed E-state index contributed by atoms with van der Waals surface area (Å²) in [5.41, 5.74) is 4.04. The average molecular weight is 632 g/mol. The van der Waals surface area contributed by atoms with E-state index < -0.39 is 8.03 Å². The summed E-state index contributed by atoms with van der Waals surface area (Å²) in [6.45, 7) is 0. The molecule has 4 aromatic heterocycles. The van der Waals surface area contributed by atoms with Crippen molar-refractivity contribution in [2.45, 2.75) is 6.16 Å². The second-order valence-corrected chi connectivity index (χ2v) is 6.83. The van der Waals surface area contributed by atoms with Gasteiger partial charge in [-0.05, 0) is 47.7 Å². The molecule has 1 unspecified atom stereocenters. The van der Waals surface area contributed by atoms with Gasteiger partial charge in [-0.3, -0.25) is 19.5 Å². The second-order valence-electron chi connectivity index (χ2n) is 5.69. The monoisotopic (exact) mass is 630 g/mol. The maximum atomic E-state index is 10.8. The predicted molar refractivity (Wildman–Crippen MR) is 109 cm³/mol. The minimum Gasteiger partial charge on any atom is -0.381 e. The Bertz CT molecular complexity index is 985. The number of pyridine rings is 4. The maximum absolute atomic E-state index is 10.8. The van der Waals surface area contributed by atoms with E-state index in [1.54, 1.807) is 43.0 Å². The molecular formula is C21H18AmN4O2P-. The van der Waals surface area contributed by atoms with Gasteiger partial charge in [0.1, 0.15) is 0 Å². The third-order valence-electron chi connectivity index (χ3n) is 3.64. The van der Waals surface area contributed by atoms with Crippen molar-refractivity contribution in [3.05, 3.63) is 97.1 Å². The largest absolute Gasteiger partial charge is 0.381 e. The molecule has 0 aliphatic carbocycles. The predicted octanol–water partition coefficient (Wildman–Crippen LogP) is 4.05. The molecule has 147 valence electrons. The summed E-state index contributed by atoms with van der Waals surface area (Å²) < 4.78 is 10.8. The fraction of sp³-hybridized carbons (Fsp3) is 0.0476. The Morgan fingerprint density at radius 3 is 1.97 bits per heavy atom. The van der Waals surface area contributed by atoms with Crippen molar-refractivity contribution in [2.24, 2.45) is 0 Å². The molecule has 0 spiro atoms. The van der Waals surface area contributed by atoms with Crippen molar-refractivity contribution in [1.82, 2.24) is 19.9 Å². The third-order valence-corrected chi connectivity index (χ3v) is 4.35. The van der Waals surface area contributed by atoms with Gasteiger partial charge in [0, 0.05) is 44.7 Å². The van der Waals surface area contributed by atoms with E-state index in [-0.39, 0.29) is 20.4 Å². The SMILES string of the molecule is O=[PH](O)Cc1ccnc(-c2ccccn2)c1.[Am].[c-]1ccnc(-c2ccccn2)c1. The Hall–Kier alpha value is -2.82. The number of rotatable bonds is 4. The van der Waals surface area contributed by atoms with E-state index >= 15 is 0 Å². The van der Waals surface area contributed by atoms with E-state index in [9.17, 15) is 4.57 Å². The van der Waals surface area contributed by atoms with Crippen molar-refractivity contribution in [2.75, 3.05) is 0 Å². The van der Waals surface area contributed by atoms with Crippen LogP contribution in [0.15, 0.2) is 85.5 Å². The van der Waals surface area contributed by atoms with Gasteiger partial charge in [-0.15, -0.1) is 0 Å². The summed E-state index contributed by atoms with van der Waals surface area (Å²) in [6.07, 6.45) is 6.98. The Morgan fingerprint density at radius 2 is 1.41 bits per heavy atom. The fourth-order valence-electron chi connectivity index (χ4n) is 2.39. The summed E-state index contributed by atoms with van der Waals surface area (Å²) in [4.78, 5) is 25.6. The molecule has 0 saturated heterocycles. The van der Waals surface area contributed by atoms with Crippen LogP contribution in [0.2, 0.25) is 0 Å². The van der Waals surface area contributed by atoms with E-state index in [1.165, 1.54) is 0 Å². The van der Waals surface area contributed by atoms with E-state index in [0.717, 1.165) is 28.3 Å². The molecule has 0 bridgehead atoms. The Balaban J connectivity index is 0.000000207. The summed E-state index contributed by atoms with van der Waals surface area (Å²) in [7, 11) is -2.48. The topological polar surface area (TPSA) is 88.9 Å². The van der Waals surface area contributed by atoms with Crippen LogP contribution in [0, 0.1) is 20.3 Å². The smallest absolute Gasteiger partial charge is 0.193 e. The molecule has 4 rings (SSSR count). The first-order valence-corrected chi connectivity index (χ1v) is 10.1. The molecule has 8 heteroatoms. The molecule has 0 fully saturated rings. The van der Waals surface area contributed by atoms with Crippen LogP contribution in [0.3, 0.4) is 0 Å². The van der Waals surface area contributed by atoms with Gasteiger partial charge < -0.3 is 9.88 Å². The molecule has 4 heterocycles. The standard InChI is InChI=1S/C11H11N2O2P.C10H7N2.Am/c14-16(15)8-9-4-6-13-11(7-9)10-3-1-2-5-12-10;1-3-7-11-9(5-1)10-6-2-4-8-12-10;/h1-7,16H,8H2,(H,14,15);1,3-8H;/q;-1;. The quantitative estimate of drug-likeness (QED) is 0.270. The molecule has 1 radical (unpaired) electrons. The van der Waals surface area contributed by atoms with Crippen LogP contribution in [0.4, 0.5) is 0 Å². The zero-order valence-corrected chi connectivity index (χ0v) is 19.5. The van der Waals surface area contributed by atoms with Crippen LogP contribution >= 0.6 is 8.03 Å². The molecule has 0 aliphatic rings. The molecule has 4 aromatic rings. The van der Waals surface area contributed by atoms with E-state index in [0.29, 0.717) is 0 Å². The molecule has 1 N–H and O–H groups in total. The van der Waals surface area contributed by atoms with E-state index in [1.807, 2.05) is 42.5 Å². The van der Waals surface area contributed by atoms with E-state index in [4.69, 9.17) is 4.89 Å². The number of hydrogen-bond acceptors (Lipinski definition) is 5. The minimum atomic E-state index is -2.48. The molecule has 0 aromatic carbocycles. The fourth-order valence-corrected chi connectivity index (χ4v) is 2.96. The van der Waals surface area contributed by atoms with Gasteiger partial charge in [0.25, 0.3) is 0 Å². The van der Waals surface area contributed by atoms with Gasteiger partial charge >= 0.3 is 0 Å². The number of nitrogens with zero attached hydrogens (tertiary/aromatic N) is 4. The maximum Gasteiger partial charge on any atom is 0.193 e. The summed E-state index contributed by atoms with van der Waals surface area (Å²) in [5.74, 6) is 0. The zero-order valence-electron chi connectivity index (χ0n) is 15.3. The van der Waals surface area contributed by atoms with Gasteiger partial charge in [-0.1, -0.05) is 18.3 Å². The van der Waals surface area contributed by atoms with Gasteiger partial charge in [0.05, 0.1) is 11.4 Å². The third kappa shape index (κ3) is 7.26. The molecule has 6 nitrogen and oxygen atoms in total. The number of aromatic nitrogens is 4. The first-order valence-electron chi connectivity index (χ1n) is 8.54. The zero-order chi connectivity index (χ0) is 19.6. The van der Waals surface area contributed by atoms with Gasteiger partial charge in [0.15, 0.2) is 8.03 Å². The van der Waals surface area contributed by atoms with Crippen molar-refractivity contribution < 1.29 is 23.7 Å². The van der Waals surface area contributed by atoms with Crippen molar-refractivity contribution in [1.29, 1.82) is 0 Å². The van der Waals surface area contributed by atoms with Crippen LogP contribution in [0.1, 0.15) is 5.56 Å². The first-order chi connectivity index (χ1) is 13.7. The van der Waals surface area contributed by atoms with Crippen LogP contribution in [-0.4, -0.2) is 24.8 Å². The normalized spacial score (nSPS) is 10.8. The molecule has 29 heavy (non-hydrogen) atoms. The second kappa shape index (κ2) is 11.9. The van der Waals surface area contributed by atoms with Crippen molar-refractivity contribution >= 4 is 8.03 Å². The van der Waals surface area contributed by atoms with Crippen molar-refractivity contribution in [3.63, 3.8) is 0 Å². The summed E-state index contributed by atoms with van der Waals surface area (Å²) >= 11 is 0. The molecule has 0 saturated carbocycles. The van der Waals surface area contributed by atoms with Gasteiger partial charge in [0.2, 0.25) is 0 Å². The summed E-state index contributed by atoms with van der Waals surface area (Å²) in [5, 5.41) is 0. The molecule has 0 amide bonds. The van der Waals surface area contributed by atoms with Crippen LogP contribution < -0.4 is 0 Å². The Labute approximate surface area is 177 Å². The molecule has 1 atom stereocenters. The van der Waals surface area contributed by atoms with E-state index in [2.05, 4.69) is 26.0 Å². The van der Waals surface area contributed by atoms with Gasteiger partial charge in [-0.2, -0.15) is 18.2 Å². The average Bonchev–Trinajstić information content (AvgIpc) is 2.76. The van der Waals surface area contributed by atoms with Crippen molar-refractivity contribution in [3.8, 4) is 22.8 Å². The molecule has 0 aliphatic heterocycles. The van der Waals surface area contributed by atoms with Gasteiger partial charge in [-0.25, -0.2) is 0 Å².